The molecule has 1 saturated heterocycles. The SMILES string of the molecule is CN=C(NCCCN1CCN(c2ccccc2)CC1)NCCCn1cccn1. The van der Waals surface area contributed by atoms with Crippen LogP contribution in [0.25, 0.3) is 0 Å². The molecule has 0 amide bonds. The maximum atomic E-state index is 4.30. The zero-order chi connectivity index (χ0) is 19.4. The fourth-order valence-electron chi connectivity index (χ4n) is 3.48. The summed E-state index contributed by atoms with van der Waals surface area (Å²) in [5, 5.41) is 11.0. The van der Waals surface area contributed by atoms with Crippen LogP contribution in [-0.4, -0.2) is 73.5 Å². The summed E-state index contributed by atoms with van der Waals surface area (Å²) in [6.07, 6.45) is 5.95. The van der Waals surface area contributed by atoms with E-state index in [9.17, 15) is 0 Å². The van der Waals surface area contributed by atoms with Crippen LogP contribution in [0.1, 0.15) is 12.8 Å². The minimum atomic E-state index is 0.884. The number of aliphatic imine (C=N–C) groups is 1. The molecule has 7 nitrogen and oxygen atoms in total. The highest BCUT2D eigenvalue weighted by atomic mass is 15.3. The molecule has 3 rings (SSSR count). The molecule has 0 atom stereocenters. The Labute approximate surface area is 168 Å². The fourth-order valence-corrected chi connectivity index (χ4v) is 3.48. The van der Waals surface area contributed by atoms with Crippen LogP contribution in [-0.2, 0) is 6.54 Å². The summed E-state index contributed by atoms with van der Waals surface area (Å²) in [4.78, 5) is 9.34. The summed E-state index contributed by atoms with van der Waals surface area (Å²) >= 11 is 0. The number of piperazine rings is 1. The molecule has 1 fully saturated rings. The van der Waals surface area contributed by atoms with E-state index in [4.69, 9.17) is 0 Å². The number of rotatable bonds is 9. The third-order valence-corrected chi connectivity index (χ3v) is 5.08. The lowest BCUT2D eigenvalue weighted by Gasteiger charge is -2.36. The number of nitrogens with zero attached hydrogens (tertiary/aromatic N) is 5. The molecular weight excluding hydrogens is 350 g/mol. The van der Waals surface area contributed by atoms with Gasteiger partial charge in [0, 0.05) is 70.9 Å². The molecule has 0 aliphatic carbocycles. The van der Waals surface area contributed by atoms with Crippen molar-refractivity contribution < 1.29 is 0 Å². The van der Waals surface area contributed by atoms with E-state index in [0.717, 1.165) is 71.2 Å². The molecule has 7 heteroatoms. The van der Waals surface area contributed by atoms with Gasteiger partial charge in [0.15, 0.2) is 5.96 Å². The zero-order valence-electron chi connectivity index (χ0n) is 16.9. The van der Waals surface area contributed by atoms with Crippen LogP contribution < -0.4 is 15.5 Å². The second-order valence-corrected chi connectivity index (χ2v) is 7.07. The molecule has 1 aliphatic heterocycles. The van der Waals surface area contributed by atoms with Gasteiger partial charge in [-0.2, -0.15) is 5.10 Å². The number of aromatic nitrogens is 2. The van der Waals surface area contributed by atoms with Gasteiger partial charge in [-0.15, -0.1) is 0 Å². The van der Waals surface area contributed by atoms with Gasteiger partial charge >= 0.3 is 0 Å². The highest BCUT2D eigenvalue weighted by Crippen LogP contribution is 2.15. The Bertz CT molecular complexity index is 676. The van der Waals surface area contributed by atoms with Crippen molar-refractivity contribution in [3.8, 4) is 0 Å². The van der Waals surface area contributed by atoms with Crippen molar-refractivity contribution in [1.29, 1.82) is 0 Å². The van der Waals surface area contributed by atoms with Gasteiger partial charge in [-0.1, -0.05) is 18.2 Å². The second-order valence-electron chi connectivity index (χ2n) is 7.07. The van der Waals surface area contributed by atoms with Gasteiger partial charge in [0.05, 0.1) is 0 Å². The highest BCUT2D eigenvalue weighted by Gasteiger charge is 2.16. The lowest BCUT2D eigenvalue weighted by atomic mass is 10.2. The number of benzene rings is 1. The molecule has 0 saturated carbocycles. The van der Waals surface area contributed by atoms with Gasteiger partial charge in [0.1, 0.15) is 0 Å². The number of nitrogens with one attached hydrogen (secondary N) is 2. The van der Waals surface area contributed by atoms with Gasteiger partial charge in [-0.25, -0.2) is 0 Å². The van der Waals surface area contributed by atoms with E-state index >= 15 is 0 Å². The third-order valence-electron chi connectivity index (χ3n) is 5.08. The monoisotopic (exact) mass is 383 g/mol. The van der Waals surface area contributed by atoms with Crippen LogP contribution in [0.5, 0.6) is 0 Å². The predicted molar refractivity (Wildman–Crippen MR) is 116 cm³/mol. The molecule has 1 aromatic heterocycles. The van der Waals surface area contributed by atoms with Gasteiger partial charge in [0.2, 0.25) is 0 Å². The quantitative estimate of drug-likeness (QED) is 0.392. The Balaban J connectivity index is 1.24. The van der Waals surface area contributed by atoms with E-state index in [1.165, 1.54) is 5.69 Å². The van der Waals surface area contributed by atoms with E-state index in [1.807, 2.05) is 30.2 Å². The van der Waals surface area contributed by atoms with Crippen molar-refractivity contribution in [2.24, 2.45) is 4.99 Å². The molecule has 1 aromatic carbocycles. The average Bonchev–Trinajstić information content (AvgIpc) is 3.27. The molecule has 1 aliphatic rings. The summed E-state index contributed by atoms with van der Waals surface area (Å²) in [6, 6.07) is 12.7. The van der Waals surface area contributed by atoms with Gasteiger partial charge in [0.25, 0.3) is 0 Å². The number of hydrogen-bond acceptors (Lipinski definition) is 4. The predicted octanol–water partition coefficient (Wildman–Crippen LogP) is 1.65. The first-order valence-corrected chi connectivity index (χ1v) is 10.3. The fraction of sp³-hybridized carbons (Fsp3) is 0.524. The standard InChI is InChI=1S/C21H33N7/c1-22-21(24-11-6-14-28-15-7-12-25-28)23-10-5-13-26-16-18-27(19-17-26)20-8-3-2-4-9-20/h2-4,7-9,12,15H,5-6,10-11,13-14,16-19H2,1H3,(H2,22,23,24). The zero-order valence-corrected chi connectivity index (χ0v) is 16.9. The van der Waals surface area contributed by atoms with E-state index in [2.05, 4.69) is 60.9 Å². The minimum Gasteiger partial charge on any atom is -0.369 e. The molecule has 2 N–H and O–H groups in total. The number of aryl methyl sites for hydroxylation is 1. The van der Waals surface area contributed by atoms with Crippen molar-refractivity contribution in [3.63, 3.8) is 0 Å². The lowest BCUT2D eigenvalue weighted by molar-refractivity contribution is 0.255. The number of hydrogen-bond donors (Lipinski definition) is 2. The van der Waals surface area contributed by atoms with Gasteiger partial charge in [-0.05, 0) is 37.6 Å². The minimum absolute atomic E-state index is 0.884. The Morgan fingerprint density at radius 2 is 1.68 bits per heavy atom. The average molecular weight is 384 g/mol. The summed E-state index contributed by atoms with van der Waals surface area (Å²) < 4.78 is 1.95. The van der Waals surface area contributed by atoms with Crippen molar-refractivity contribution in [2.75, 3.05) is 57.8 Å². The molecule has 0 bridgehead atoms. The maximum absolute atomic E-state index is 4.30. The second kappa shape index (κ2) is 11.3. The van der Waals surface area contributed by atoms with E-state index in [0.29, 0.717) is 0 Å². The molecule has 0 unspecified atom stereocenters. The lowest BCUT2D eigenvalue weighted by Crippen LogP contribution is -2.47. The highest BCUT2D eigenvalue weighted by molar-refractivity contribution is 5.79. The molecule has 28 heavy (non-hydrogen) atoms. The van der Waals surface area contributed by atoms with E-state index in [1.54, 1.807) is 0 Å². The van der Waals surface area contributed by atoms with Crippen molar-refractivity contribution in [3.05, 3.63) is 48.8 Å². The Morgan fingerprint density at radius 1 is 0.964 bits per heavy atom. The van der Waals surface area contributed by atoms with E-state index in [-0.39, 0.29) is 0 Å². The number of guanidine groups is 1. The topological polar surface area (TPSA) is 60.7 Å². The van der Waals surface area contributed by atoms with Crippen LogP contribution in [0.15, 0.2) is 53.8 Å². The first-order valence-electron chi connectivity index (χ1n) is 10.3. The van der Waals surface area contributed by atoms with Crippen LogP contribution in [0.3, 0.4) is 0 Å². The van der Waals surface area contributed by atoms with Crippen molar-refractivity contribution >= 4 is 11.6 Å². The maximum Gasteiger partial charge on any atom is 0.190 e. The Kier molecular flexibility index (Phi) is 8.18. The molecule has 152 valence electrons. The number of anilines is 1. The van der Waals surface area contributed by atoms with Crippen LogP contribution in [0.2, 0.25) is 0 Å². The van der Waals surface area contributed by atoms with Crippen molar-refractivity contribution in [2.45, 2.75) is 19.4 Å². The van der Waals surface area contributed by atoms with Crippen LogP contribution >= 0.6 is 0 Å². The van der Waals surface area contributed by atoms with Gasteiger partial charge < -0.3 is 15.5 Å². The summed E-state index contributed by atoms with van der Waals surface area (Å²) in [7, 11) is 1.83. The molecule has 2 heterocycles. The Hall–Kier alpha value is -2.54. The smallest absolute Gasteiger partial charge is 0.190 e. The number of para-hydroxylation sites is 1. The third kappa shape index (κ3) is 6.56. The van der Waals surface area contributed by atoms with Gasteiger partial charge in [-0.3, -0.25) is 14.6 Å². The first-order chi connectivity index (χ1) is 13.8. The van der Waals surface area contributed by atoms with Crippen molar-refractivity contribution in [1.82, 2.24) is 25.3 Å². The largest absolute Gasteiger partial charge is 0.369 e. The Morgan fingerprint density at radius 3 is 2.32 bits per heavy atom. The summed E-state index contributed by atoms with van der Waals surface area (Å²) in [6.45, 7) is 8.37. The molecular formula is C21H33N7. The molecule has 0 radical (unpaired) electrons. The first kappa shape index (κ1) is 20.2. The summed E-state index contributed by atoms with van der Waals surface area (Å²) in [5.41, 5.74) is 1.34. The van der Waals surface area contributed by atoms with Crippen LogP contribution in [0.4, 0.5) is 5.69 Å². The van der Waals surface area contributed by atoms with E-state index < -0.39 is 0 Å². The molecule has 0 spiro atoms. The van der Waals surface area contributed by atoms with Crippen LogP contribution in [0, 0.1) is 0 Å². The molecule has 2 aromatic rings. The summed E-state index contributed by atoms with van der Waals surface area (Å²) in [5.74, 6) is 0.884. The normalized spacial score (nSPS) is 15.6.